The van der Waals surface area contributed by atoms with Gasteiger partial charge in [-0.1, -0.05) is 6.42 Å². The lowest BCUT2D eigenvalue weighted by Gasteiger charge is -2.37. The van der Waals surface area contributed by atoms with Crippen LogP contribution in [0, 0.1) is 5.92 Å². The van der Waals surface area contributed by atoms with E-state index >= 15 is 0 Å². The van der Waals surface area contributed by atoms with Crippen LogP contribution in [-0.4, -0.2) is 54.4 Å². The molecule has 2 rings (SSSR count). The Balaban J connectivity index is 1.65. The summed E-state index contributed by atoms with van der Waals surface area (Å²) in [7, 11) is 2.30. The largest absolute Gasteiger partial charge is 0.303 e. The van der Waals surface area contributed by atoms with E-state index in [2.05, 4.69) is 23.8 Å². The van der Waals surface area contributed by atoms with Crippen LogP contribution >= 0.6 is 11.6 Å². The minimum absolute atomic E-state index is 0.358. The summed E-state index contributed by atoms with van der Waals surface area (Å²) in [5.74, 6) is 0.750. The van der Waals surface area contributed by atoms with E-state index in [0.29, 0.717) is 5.38 Å². The van der Waals surface area contributed by atoms with Crippen LogP contribution in [0.5, 0.6) is 0 Å². The lowest BCUT2D eigenvalue weighted by atomic mass is 9.93. The van der Waals surface area contributed by atoms with Crippen molar-refractivity contribution >= 4 is 11.6 Å². The zero-order valence-corrected chi connectivity index (χ0v) is 12.8. The number of nitrogens with zero attached hydrogens (tertiary/aromatic N) is 2. The summed E-state index contributed by atoms with van der Waals surface area (Å²) in [5.41, 5.74) is 0. The first-order valence-electron chi connectivity index (χ1n) is 7.73. The molecular weight excluding hydrogens is 244 g/mol. The number of alkyl halides is 1. The zero-order chi connectivity index (χ0) is 13.0. The Bertz CT molecular complexity index is 237. The van der Waals surface area contributed by atoms with E-state index in [1.807, 2.05) is 0 Å². The maximum absolute atomic E-state index is 6.20. The molecule has 0 spiro atoms. The molecule has 2 fully saturated rings. The zero-order valence-electron chi connectivity index (χ0n) is 12.1. The van der Waals surface area contributed by atoms with E-state index in [1.165, 1.54) is 64.7 Å². The van der Waals surface area contributed by atoms with Gasteiger partial charge in [0.15, 0.2) is 0 Å². The van der Waals surface area contributed by atoms with Crippen molar-refractivity contribution in [3.8, 4) is 0 Å². The van der Waals surface area contributed by atoms with Gasteiger partial charge in [0, 0.05) is 11.4 Å². The summed E-state index contributed by atoms with van der Waals surface area (Å²) in [6.07, 6.45) is 8.19. The van der Waals surface area contributed by atoms with Crippen LogP contribution < -0.4 is 0 Å². The fourth-order valence-corrected chi connectivity index (χ4v) is 3.73. The number of hydrogen-bond donors (Lipinski definition) is 0. The van der Waals surface area contributed by atoms with Crippen LogP contribution in [0.4, 0.5) is 0 Å². The molecule has 2 unspecified atom stereocenters. The van der Waals surface area contributed by atoms with Crippen molar-refractivity contribution < 1.29 is 0 Å². The van der Waals surface area contributed by atoms with Gasteiger partial charge in [0.05, 0.1) is 0 Å². The SMILES string of the molecule is CC(Cl)C1CCN(CCC2CCCCN2C)CC1. The molecule has 18 heavy (non-hydrogen) atoms. The molecule has 0 N–H and O–H groups in total. The lowest BCUT2D eigenvalue weighted by molar-refractivity contribution is 0.133. The number of halogens is 1. The van der Waals surface area contributed by atoms with Crippen molar-refractivity contribution in [3.63, 3.8) is 0 Å². The number of rotatable bonds is 4. The van der Waals surface area contributed by atoms with Gasteiger partial charge in [-0.15, -0.1) is 11.6 Å². The van der Waals surface area contributed by atoms with E-state index < -0.39 is 0 Å². The van der Waals surface area contributed by atoms with Gasteiger partial charge in [0.1, 0.15) is 0 Å². The Labute approximate surface area is 118 Å². The van der Waals surface area contributed by atoms with Gasteiger partial charge in [-0.25, -0.2) is 0 Å². The fourth-order valence-electron chi connectivity index (χ4n) is 3.48. The van der Waals surface area contributed by atoms with Gasteiger partial charge in [0.25, 0.3) is 0 Å². The summed E-state index contributed by atoms with van der Waals surface area (Å²) >= 11 is 6.20. The minimum Gasteiger partial charge on any atom is -0.303 e. The van der Waals surface area contributed by atoms with Crippen LogP contribution in [0.15, 0.2) is 0 Å². The second kappa shape index (κ2) is 7.12. The first-order valence-corrected chi connectivity index (χ1v) is 8.17. The van der Waals surface area contributed by atoms with Crippen molar-refractivity contribution in [3.05, 3.63) is 0 Å². The van der Waals surface area contributed by atoms with Gasteiger partial charge < -0.3 is 9.80 Å². The predicted octanol–water partition coefficient (Wildman–Crippen LogP) is 3.20. The highest BCUT2D eigenvalue weighted by atomic mass is 35.5. The molecule has 0 aromatic heterocycles. The van der Waals surface area contributed by atoms with E-state index in [0.717, 1.165) is 12.0 Å². The third-order valence-electron chi connectivity index (χ3n) is 4.98. The van der Waals surface area contributed by atoms with Crippen molar-refractivity contribution in [1.82, 2.24) is 9.80 Å². The van der Waals surface area contributed by atoms with Crippen LogP contribution in [0.2, 0.25) is 0 Å². The Morgan fingerprint density at radius 3 is 2.44 bits per heavy atom. The topological polar surface area (TPSA) is 6.48 Å². The van der Waals surface area contributed by atoms with Crippen molar-refractivity contribution in [1.29, 1.82) is 0 Å². The van der Waals surface area contributed by atoms with Crippen molar-refractivity contribution in [2.75, 3.05) is 33.2 Å². The second-order valence-corrected chi connectivity index (χ2v) is 6.96. The molecule has 2 nitrogen and oxygen atoms in total. The molecule has 106 valence electrons. The molecule has 0 aliphatic carbocycles. The normalized spacial score (nSPS) is 30.5. The van der Waals surface area contributed by atoms with Crippen LogP contribution in [0.25, 0.3) is 0 Å². The lowest BCUT2D eigenvalue weighted by Crippen LogP contribution is -2.41. The maximum atomic E-state index is 6.20. The van der Waals surface area contributed by atoms with E-state index in [4.69, 9.17) is 11.6 Å². The molecule has 0 amide bonds. The highest BCUT2D eigenvalue weighted by Crippen LogP contribution is 2.25. The average molecular weight is 273 g/mol. The molecule has 0 bridgehead atoms. The Hall–Kier alpha value is 0.210. The molecule has 2 aliphatic rings. The van der Waals surface area contributed by atoms with E-state index in [-0.39, 0.29) is 0 Å². The summed E-state index contributed by atoms with van der Waals surface area (Å²) in [5, 5.41) is 0.358. The number of likely N-dealkylation sites (tertiary alicyclic amines) is 2. The molecular formula is C15H29ClN2. The molecule has 0 saturated carbocycles. The minimum atomic E-state index is 0.358. The van der Waals surface area contributed by atoms with Gasteiger partial charge in [-0.05, 0) is 78.2 Å². The van der Waals surface area contributed by atoms with E-state index in [1.54, 1.807) is 0 Å². The molecule has 2 atom stereocenters. The summed E-state index contributed by atoms with van der Waals surface area (Å²) in [6.45, 7) is 7.27. The summed E-state index contributed by atoms with van der Waals surface area (Å²) < 4.78 is 0. The molecule has 0 aromatic rings. The summed E-state index contributed by atoms with van der Waals surface area (Å²) in [6, 6.07) is 0.837. The average Bonchev–Trinajstić information content (AvgIpc) is 2.38. The molecule has 2 aliphatic heterocycles. The second-order valence-electron chi connectivity index (χ2n) is 6.28. The molecule has 3 heteroatoms. The quantitative estimate of drug-likeness (QED) is 0.725. The Kier molecular flexibility index (Phi) is 5.78. The Morgan fingerprint density at radius 1 is 1.11 bits per heavy atom. The van der Waals surface area contributed by atoms with Crippen LogP contribution in [-0.2, 0) is 0 Å². The van der Waals surface area contributed by atoms with Gasteiger partial charge in [-0.3, -0.25) is 0 Å². The molecule has 2 heterocycles. The third kappa shape index (κ3) is 4.11. The van der Waals surface area contributed by atoms with Crippen LogP contribution in [0.1, 0.15) is 45.4 Å². The third-order valence-corrected chi connectivity index (χ3v) is 5.34. The summed E-state index contributed by atoms with van der Waals surface area (Å²) in [4.78, 5) is 5.22. The van der Waals surface area contributed by atoms with Gasteiger partial charge in [-0.2, -0.15) is 0 Å². The van der Waals surface area contributed by atoms with Gasteiger partial charge in [0.2, 0.25) is 0 Å². The monoisotopic (exact) mass is 272 g/mol. The number of hydrogen-bond acceptors (Lipinski definition) is 2. The first-order chi connectivity index (χ1) is 8.66. The highest BCUT2D eigenvalue weighted by molar-refractivity contribution is 6.20. The van der Waals surface area contributed by atoms with Gasteiger partial charge >= 0.3 is 0 Å². The maximum Gasteiger partial charge on any atom is 0.0337 e. The van der Waals surface area contributed by atoms with Crippen molar-refractivity contribution in [2.45, 2.75) is 56.9 Å². The first kappa shape index (κ1) is 14.6. The van der Waals surface area contributed by atoms with E-state index in [9.17, 15) is 0 Å². The predicted molar refractivity (Wildman–Crippen MR) is 79.4 cm³/mol. The highest BCUT2D eigenvalue weighted by Gasteiger charge is 2.24. The van der Waals surface area contributed by atoms with Crippen LogP contribution in [0.3, 0.4) is 0 Å². The smallest absolute Gasteiger partial charge is 0.0337 e. The molecule has 2 saturated heterocycles. The fraction of sp³-hybridized carbons (Fsp3) is 1.00. The van der Waals surface area contributed by atoms with Crippen molar-refractivity contribution in [2.24, 2.45) is 5.92 Å². The number of piperidine rings is 2. The molecule has 0 radical (unpaired) electrons. The standard InChI is InChI=1S/C15H29ClN2/c1-13(16)14-6-10-18(11-7-14)12-8-15-5-3-4-9-17(15)2/h13-15H,3-12H2,1-2H3. The molecule has 0 aromatic carbocycles. The Morgan fingerprint density at radius 2 is 1.83 bits per heavy atom.